The molecule has 0 aliphatic heterocycles. The molecule has 0 bridgehead atoms. The van der Waals surface area contributed by atoms with E-state index in [1.807, 2.05) is 146 Å². The number of carbonyl (C=O) groups excluding carboxylic acids is 2. The minimum absolute atomic E-state index is 0.0939. The van der Waals surface area contributed by atoms with Gasteiger partial charge in [0.15, 0.2) is 11.5 Å². The zero-order chi connectivity index (χ0) is 39.8. The predicted molar refractivity (Wildman–Crippen MR) is 230 cm³/mol. The molecule has 0 saturated heterocycles. The van der Waals surface area contributed by atoms with E-state index in [1.165, 1.54) is 0 Å². The summed E-state index contributed by atoms with van der Waals surface area (Å²) in [6, 6.07) is 51.0. The third kappa shape index (κ3) is 8.21. The van der Waals surface area contributed by atoms with Crippen LogP contribution in [0.5, 0.6) is 11.5 Å². The molecule has 280 valence electrons. The molecule has 58 heavy (non-hydrogen) atoms. The number of nitrogens with zero attached hydrogens (tertiary/aromatic N) is 4. The van der Waals surface area contributed by atoms with Gasteiger partial charge >= 0.3 is 0 Å². The third-order valence-corrected chi connectivity index (χ3v) is 9.33. The lowest BCUT2D eigenvalue weighted by Gasteiger charge is -2.11. The molecular weight excluding hydrogens is 725 g/mol. The molecule has 0 saturated carbocycles. The van der Waals surface area contributed by atoms with Crippen LogP contribution in [-0.4, -0.2) is 22.0 Å². The van der Waals surface area contributed by atoms with Crippen molar-refractivity contribution in [2.24, 2.45) is 20.5 Å². The summed E-state index contributed by atoms with van der Waals surface area (Å²) in [6.07, 6.45) is 3.92. The fraction of sp³-hybridized carbons (Fsp3) is 0. The summed E-state index contributed by atoms with van der Waals surface area (Å²) in [5.41, 5.74) is 4.79. The molecule has 0 radical (unpaired) electrons. The zero-order valence-electron chi connectivity index (χ0n) is 30.8. The first-order valence-electron chi connectivity index (χ1n) is 18.3. The number of fused-ring (bicyclic) bond motifs is 2. The second kappa shape index (κ2) is 16.6. The lowest BCUT2D eigenvalue weighted by atomic mass is 10.0. The lowest BCUT2D eigenvalue weighted by molar-refractivity contribution is 0.101. The summed E-state index contributed by atoms with van der Waals surface area (Å²) in [6.45, 7) is 0. The SMILES string of the molecule is O=C(Nc1ccccc1)c1cc2ccccc2c(N=Nc2ccc(C=Cc3ccc(N=Nc4c(O)c(C(=O)Nc5ccccc5)cc5ccccc45)cc3)cc2)c1O. The number of nitrogens with one attached hydrogen (secondary N) is 2. The zero-order valence-corrected chi connectivity index (χ0v) is 30.8. The van der Waals surface area contributed by atoms with Crippen molar-refractivity contribution in [1.29, 1.82) is 0 Å². The molecule has 10 nitrogen and oxygen atoms in total. The average Bonchev–Trinajstić information content (AvgIpc) is 3.26. The number of aromatic hydroxyl groups is 2. The largest absolute Gasteiger partial charge is 0.505 e. The molecule has 8 aromatic carbocycles. The number of para-hydroxylation sites is 2. The Kier molecular flexibility index (Phi) is 10.5. The van der Waals surface area contributed by atoms with Crippen molar-refractivity contribution < 1.29 is 19.8 Å². The van der Waals surface area contributed by atoms with E-state index in [0.717, 1.165) is 21.9 Å². The Labute approximate surface area is 333 Å². The topological polar surface area (TPSA) is 148 Å². The molecule has 2 amide bonds. The van der Waals surface area contributed by atoms with Gasteiger partial charge in [-0.1, -0.05) is 121 Å². The van der Waals surface area contributed by atoms with Crippen LogP contribution >= 0.6 is 0 Å². The molecule has 0 fully saturated rings. The smallest absolute Gasteiger partial charge is 0.259 e. The Morgan fingerprint density at radius 1 is 0.431 bits per heavy atom. The number of hydrogen-bond donors (Lipinski definition) is 4. The normalized spacial score (nSPS) is 11.5. The van der Waals surface area contributed by atoms with E-state index in [0.29, 0.717) is 33.5 Å². The quantitative estimate of drug-likeness (QED) is 0.0811. The first kappa shape index (κ1) is 36.7. The first-order valence-corrected chi connectivity index (χ1v) is 18.3. The van der Waals surface area contributed by atoms with Gasteiger partial charge in [0, 0.05) is 22.1 Å². The number of anilines is 2. The lowest BCUT2D eigenvalue weighted by Crippen LogP contribution is -2.12. The van der Waals surface area contributed by atoms with E-state index in [4.69, 9.17) is 0 Å². The van der Waals surface area contributed by atoms with E-state index >= 15 is 0 Å². The van der Waals surface area contributed by atoms with Crippen molar-refractivity contribution in [1.82, 2.24) is 0 Å². The molecule has 0 atom stereocenters. The second-order valence-electron chi connectivity index (χ2n) is 13.2. The Hall–Kier alpha value is -8.24. The second-order valence-corrected chi connectivity index (χ2v) is 13.2. The molecule has 8 aromatic rings. The van der Waals surface area contributed by atoms with Gasteiger partial charge in [0.1, 0.15) is 11.4 Å². The molecule has 0 aliphatic rings. The van der Waals surface area contributed by atoms with Gasteiger partial charge in [-0.05, 0) is 82.6 Å². The molecular formula is C48H34N6O4. The molecule has 0 aliphatic carbocycles. The van der Waals surface area contributed by atoms with E-state index in [2.05, 4.69) is 31.1 Å². The molecule has 4 N–H and O–H groups in total. The Balaban J connectivity index is 0.959. The number of amides is 2. The van der Waals surface area contributed by atoms with E-state index in [-0.39, 0.29) is 34.0 Å². The monoisotopic (exact) mass is 758 g/mol. The summed E-state index contributed by atoms with van der Waals surface area (Å²) in [5, 5.41) is 48.4. The van der Waals surface area contributed by atoms with Gasteiger partial charge in [0.05, 0.1) is 22.5 Å². The maximum absolute atomic E-state index is 13.2. The highest BCUT2D eigenvalue weighted by Gasteiger charge is 2.20. The van der Waals surface area contributed by atoms with Crippen LogP contribution in [0.1, 0.15) is 31.8 Å². The number of azo groups is 2. The van der Waals surface area contributed by atoms with Gasteiger partial charge in [-0.3, -0.25) is 9.59 Å². The van der Waals surface area contributed by atoms with Gasteiger partial charge in [-0.2, -0.15) is 10.2 Å². The minimum atomic E-state index is -0.456. The van der Waals surface area contributed by atoms with E-state index in [1.54, 1.807) is 36.4 Å². The number of hydrogen-bond acceptors (Lipinski definition) is 8. The van der Waals surface area contributed by atoms with Crippen LogP contribution < -0.4 is 10.6 Å². The van der Waals surface area contributed by atoms with Crippen LogP contribution in [0.4, 0.5) is 34.1 Å². The number of benzene rings is 8. The van der Waals surface area contributed by atoms with Crippen molar-refractivity contribution in [3.8, 4) is 11.5 Å². The molecule has 8 rings (SSSR count). The van der Waals surface area contributed by atoms with E-state index in [9.17, 15) is 19.8 Å². The molecule has 0 spiro atoms. The third-order valence-electron chi connectivity index (χ3n) is 9.33. The van der Waals surface area contributed by atoms with Crippen molar-refractivity contribution >= 4 is 79.6 Å². The summed E-state index contributed by atoms with van der Waals surface area (Å²) in [7, 11) is 0. The average molecular weight is 759 g/mol. The molecule has 10 heteroatoms. The van der Waals surface area contributed by atoms with Gasteiger partial charge < -0.3 is 20.8 Å². The summed E-state index contributed by atoms with van der Waals surface area (Å²) >= 11 is 0. The molecule has 0 heterocycles. The number of rotatable bonds is 10. The van der Waals surface area contributed by atoms with Crippen molar-refractivity contribution in [3.05, 3.63) is 192 Å². The number of carbonyl (C=O) groups is 2. The van der Waals surface area contributed by atoms with E-state index < -0.39 is 11.8 Å². The maximum Gasteiger partial charge on any atom is 0.259 e. The van der Waals surface area contributed by atoms with Gasteiger partial charge in [-0.15, -0.1) is 10.2 Å². The van der Waals surface area contributed by atoms with Crippen LogP contribution in [0.3, 0.4) is 0 Å². The summed E-state index contributed by atoms with van der Waals surface area (Å²) in [4.78, 5) is 26.3. The van der Waals surface area contributed by atoms with Crippen LogP contribution in [0.25, 0.3) is 33.7 Å². The van der Waals surface area contributed by atoms with Crippen molar-refractivity contribution in [2.75, 3.05) is 10.6 Å². The van der Waals surface area contributed by atoms with Crippen LogP contribution in [0, 0.1) is 0 Å². The summed E-state index contributed by atoms with van der Waals surface area (Å²) in [5.74, 6) is -1.43. The Bertz CT molecular complexity index is 2680. The highest BCUT2D eigenvalue weighted by atomic mass is 16.3. The van der Waals surface area contributed by atoms with Gasteiger partial charge in [0.25, 0.3) is 11.8 Å². The van der Waals surface area contributed by atoms with Crippen molar-refractivity contribution in [3.63, 3.8) is 0 Å². The van der Waals surface area contributed by atoms with Crippen LogP contribution in [0.15, 0.2) is 190 Å². The maximum atomic E-state index is 13.2. The fourth-order valence-corrected chi connectivity index (χ4v) is 6.34. The van der Waals surface area contributed by atoms with Crippen LogP contribution in [-0.2, 0) is 0 Å². The fourth-order valence-electron chi connectivity index (χ4n) is 6.34. The molecule has 0 unspecified atom stereocenters. The van der Waals surface area contributed by atoms with Gasteiger partial charge in [-0.25, -0.2) is 0 Å². The highest BCUT2D eigenvalue weighted by Crippen LogP contribution is 2.41. The van der Waals surface area contributed by atoms with Gasteiger partial charge in [0.2, 0.25) is 0 Å². The van der Waals surface area contributed by atoms with Crippen molar-refractivity contribution in [2.45, 2.75) is 0 Å². The Morgan fingerprint density at radius 3 is 1.19 bits per heavy atom. The highest BCUT2D eigenvalue weighted by molar-refractivity contribution is 6.12. The predicted octanol–water partition coefficient (Wildman–Crippen LogP) is 12.9. The van der Waals surface area contributed by atoms with Crippen LogP contribution in [0.2, 0.25) is 0 Å². The Morgan fingerprint density at radius 2 is 0.793 bits per heavy atom. The number of phenols is 2. The summed E-state index contributed by atoms with van der Waals surface area (Å²) < 4.78 is 0. The first-order chi connectivity index (χ1) is 28.4. The standard InChI is InChI=1S/C48H34N6O4/c55-45-41(47(57)49-35-13-3-1-4-14-35)29-33-11-7-9-17-39(33)43(45)53-51-37-25-21-31(22-26-37)19-20-32-23-27-38(28-24-32)52-54-44-40-18-10-8-12-34(40)30-42(46(44)56)48(58)50-36-15-5-2-6-16-36/h1-30,55-56H,(H,49,57)(H,50,58). The number of phenolic OH excluding ortho intramolecular Hbond substituents is 2. The molecule has 0 aromatic heterocycles. The minimum Gasteiger partial charge on any atom is -0.505 e.